The Morgan fingerprint density at radius 1 is 1.31 bits per heavy atom. The molecule has 1 aliphatic rings. The molecule has 4 heteroatoms. The third-order valence-corrected chi connectivity index (χ3v) is 2.73. The molecule has 16 heavy (non-hydrogen) atoms. The van der Waals surface area contributed by atoms with Gasteiger partial charge in [-0.1, -0.05) is 19.1 Å². The summed E-state index contributed by atoms with van der Waals surface area (Å²) in [6.45, 7) is 2.65. The quantitative estimate of drug-likeness (QED) is 0.770. The first-order valence-electron chi connectivity index (χ1n) is 5.55. The van der Waals surface area contributed by atoms with Gasteiger partial charge in [-0.25, -0.2) is 0 Å². The Balaban J connectivity index is 2.17. The Kier molecular flexibility index (Phi) is 2.13. The van der Waals surface area contributed by atoms with Crippen LogP contribution in [0.1, 0.15) is 25.0 Å². The minimum Gasteiger partial charge on any atom is -0.483 e. The standard InChI is InChI=1S/C12H13N3O/c1-2-5-11-13-14-12-8-16-10-7-4-3-6-9(10)15(11)12/h3-4,6-7H,2,5,8H2,1H3. The number of nitrogens with zero attached hydrogens (tertiary/aromatic N) is 3. The summed E-state index contributed by atoms with van der Waals surface area (Å²) >= 11 is 0. The first-order valence-corrected chi connectivity index (χ1v) is 5.55. The van der Waals surface area contributed by atoms with E-state index in [1.165, 1.54) is 0 Å². The van der Waals surface area contributed by atoms with E-state index in [0.717, 1.165) is 35.9 Å². The molecule has 0 radical (unpaired) electrons. The minimum atomic E-state index is 0.508. The highest BCUT2D eigenvalue weighted by atomic mass is 16.5. The predicted molar refractivity (Wildman–Crippen MR) is 59.7 cm³/mol. The van der Waals surface area contributed by atoms with Gasteiger partial charge >= 0.3 is 0 Å². The van der Waals surface area contributed by atoms with E-state index in [-0.39, 0.29) is 0 Å². The van der Waals surface area contributed by atoms with E-state index < -0.39 is 0 Å². The second-order valence-electron chi connectivity index (χ2n) is 3.87. The summed E-state index contributed by atoms with van der Waals surface area (Å²) < 4.78 is 7.73. The number of rotatable bonds is 2. The van der Waals surface area contributed by atoms with Gasteiger partial charge in [0.25, 0.3) is 0 Å². The van der Waals surface area contributed by atoms with Crippen molar-refractivity contribution >= 4 is 0 Å². The number of benzene rings is 1. The van der Waals surface area contributed by atoms with Gasteiger partial charge in [0, 0.05) is 6.42 Å². The highest BCUT2D eigenvalue weighted by Gasteiger charge is 2.21. The zero-order valence-electron chi connectivity index (χ0n) is 9.18. The number of aromatic nitrogens is 3. The van der Waals surface area contributed by atoms with Crippen LogP contribution in [0.15, 0.2) is 24.3 Å². The summed E-state index contributed by atoms with van der Waals surface area (Å²) in [5.74, 6) is 2.82. The number of hydrogen-bond donors (Lipinski definition) is 0. The molecule has 0 fully saturated rings. The fraction of sp³-hybridized carbons (Fsp3) is 0.333. The Hall–Kier alpha value is -1.84. The molecular formula is C12H13N3O. The Morgan fingerprint density at radius 2 is 2.19 bits per heavy atom. The maximum Gasteiger partial charge on any atom is 0.175 e. The normalized spacial score (nSPS) is 12.8. The third-order valence-electron chi connectivity index (χ3n) is 2.73. The van der Waals surface area contributed by atoms with E-state index in [2.05, 4.69) is 21.7 Å². The summed E-state index contributed by atoms with van der Waals surface area (Å²) in [4.78, 5) is 0. The molecule has 3 rings (SSSR count). The molecule has 82 valence electrons. The van der Waals surface area contributed by atoms with Crippen LogP contribution in [0.4, 0.5) is 0 Å². The summed E-state index contributed by atoms with van der Waals surface area (Å²) in [5.41, 5.74) is 1.05. The molecular weight excluding hydrogens is 202 g/mol. The molecule has 0 amide bonds. The second-order valence-corrected chi connectivity index (χ2v) is 3.87. The molecule has 0 bridgehead atoms. The molecule has 0 aliphatic carbocycles. The van der Waals surface area contributed by atoms with Crippen LogP contribution in [0.5, 0.6) is 5.75 Å². The van der Waals surface area contributed by atoms with Crippen molar-refractivity contribution in [1.29, 1.82) is 0 Å². The number of ether oxygens (including phenoxy) is 1. The fourth-order valence-electron chi connectivity index (χ4n) is 2.02. The van der Waals surface area contributed by atoms with Crippen molar-refractivity contribution < 1.29 is 4.74 Å². The van der Waals surface area contributed by atoms with Gasteiger partial charge in [0.2, 0.25) is 0 Å². The molecule has 0 atom stereocenters. The monoisotopic (exact) mass is 215 g/mol. The lowest BCUT2D eigenvalue weighted by molar-refractivity contribution is 0.278. The smallest absolute Gasteiger partial charge is 0.175 e. The van der Waals surface area contributed by atoms with Gasteiger partial charge in [-0.3, -0.25) is 4.57 Å². The van der Waals surface area contributed by atoms with Gasteiger partial charge in [-0.05, 0) is 18.6 Å². The van der Waals surface area contributed by atoms with Crippen molar-refractivity contribution in [3.8, 4) is 11.4 Å². The third kappa shape index (κ3) is 1.30. The summed E-state index contributed by atoms with van der Waals surface area (Å²) in [6.07, 6.45) is 2.02. The maximum atomic E-state index is 5.62. The van der Waals surface area contributed by atoms with Crippen molar-refractivity contribution in [2.24, 2.45) is 0 Å². The highest BCUT2D eigenvalue weighted by Crippen LogP contribution is 2.29. The van der Waals surface area contributed by atoms with E-state index in [1.807, 2.05) is 24.3 Å². The largest absolute Gasteiger partial charge is 0.483 e. The summed E-state index contributed by atoms with van der Waals surface area (Å²) in [5, 5.41) is 8.38. The average molecular weight is 215 g/mol. The van der Waals surface area contributed by atoms with Crippen LogP contribution in [-0.4, -0.2) is 14.8 Å². The highest BCUT2D eigenvalue weighted by molar-refractivity contribution is 5.49. The molecule has 0 N–H and O–H groups in total. The number of aryl methyl sites for hydroxylation is 1. The molecule has 2 heterocycles. The zero-order valence-corrected chi connectivity index (χ0v) is 9.18. The van der Waals surface area contributed by atoms with Crippen LogP contribution >= 0.6 is 0 Å². The van der Waals surface area contributed by atoms with Crippen LogP contribution in [0.2, 0.25) is 0 Å². The van der Waals surface area contributed by atoms with E-state index >= 15 is 0 Å². The van der Waals surface area contributed by atoms with Crippen molar-refractivity contribution in [3.05, 3.63) is 35.9 Å². The van der Waals surface area contributed by atoms with Crippen molar-refractivity contribution in [1.82, 2.24) is 14.8 Å². The van der Waals surface area contributed by atoms with Crippen LogP contribution < -0.4 is 4.74 Å². The summed E-state index contributed by atoms with van der Waals surface area (Å²) in [6, 6.07) is 8.01. The van der Waals surface area contributed by atoms with Crippen LogP contribution in [0, 0.1) is 0 Å². The second kappa shape index (κ2) is 3.63. The topological polar surface area (TPSA) is 39.9 Å². The van der Waals surface area contributed by atoms with E-state index in [1.54, 1.807) is 0 Å². The van der Waals surface area contributed by atoms with Crippen molar-refractivity contribution in [2.75, 3.05) is 0 Å². The van der Waals surface area contributed by atoms with Gasteiger partial charge in [-0.2, -0.15) is 0 Å². The molecule has 0 saturated carbocycles. The van der Waals surface area contributed by atoms with Gasteiger partial charge in [0.1, 0.15) is 18.2 Å². The molecule has 0 saturated heterocycles. The van der Waals surface area contributed by atoms with Gasteiger partial charge < -0.3 is 4.74 Å². The van der Waals surface area contributed by atoms with Gasteiger partial charge in [0.05, 0.1) is 5.69 Å². The molecule has 2 aromatic rings. The lowest BCUT2D eigenvalue weighted by Crippen LogP contribution is -2.14. The SMILES string of the molecule is CCCc1nnc2n1-c1ccccc1OC2. The minimum absolute atomic E-state index is 0.508. The summed E-state index contributed by atoms with van der Waals surface area (Å²) in [7, 11) is 0. The molecule has 1 aliphatic heterocycles. The van der Waals surface area contributed by atoms with Crippen molar-refractivity contribution in [3.63, 3.8) is 0 Å². The Morgan fingerprint density at radius 3 is 3.06 bits per heavy atom. The molecule has 1 aromatic carbocycles. The first kappa shape index (κ1) is 9.39. The van der Waals surface area contributed by atoms with Crippen LogP contribution in [0.25, 0.3) is 5.69 Å². The average Bonchev–Trinajstić information content (AvgIpc) is 2.73. The van der Waals surface area contributed by atoms with E-state index in [0.29, 0.717) is 6.61 Å². The zero-order chi connectivity index (χ0) is 11.0. The molecule has 4 nitrogen and oxygen atoms in total. The van der Waals surface area contributed by atoms with Crippen LogP contribution in [0.3, 0.4) is 0 Å². The van der Waals surface area contributed by atoms with Crippen LogP contribution in [-0.2, 0) is 13.0 Å². The number of para-hydroxylation sites is 2. The van der Waals surface area contributed by atoms with Gasteiger partial charge in [-0.15, -0.1) is 10.2 Å². The van der Waals surface area contributed by atoms with E-state index in [9.17, 15) is 0 Å². The fourth-order valence-corrected chi connectivity index (χ4v) is 2.02. The molecule has 1 aromatic heterocycles. The lowest BCUT2D eigenvalue weighted by atomic mass is 10.2. The molecule has 0 unspecified atom stereocenters. The molecule has 0 spiro atoms. The lowest BCUT2D eigenvalue weighted by Gasteiger charge is -2.19. The number of fused-ring (bicyclic) bond motifs is 3. The predicted octanol–water partition coefficient (Wildman–Crippen LogP) is 2.11. The van der Waals surface area contributed by atoms with Gasteiger partial charge in [0.15, 0.2) is 5.82 Å². The van der Waals surface area contributed by atoms with E-state index in [4.69, 9.17) is 4.74 Å². The Labute approximate surface area is 93.9 Å². The maximum absolute atomic E-state index is 5.62. The first-order chi connectivity index (χ1) is 7.90. The van der Waals surface area contributed by atoms with Crippen molar-refractivity contribution in [2.45, 2.75) is 26.4 Å². The number of hydrogen-bond acceptors (Lipinski definition) is 3. The Bertz CT molecular complexity index is 519.